The summed E-state index contributed by atoms with van der Waals surface area (Å²) < 4.78 is 5.21. The van der Waals surface area contributed by atoms with Crippen LogP contribution in [0.5, 0.6) is 5.75 Å². The predicted molar refractivity (Wildman–Crippen MR) is 87.5 cm³/mol. The van der Waals surface area contributed by atoms with E-state index in [1.807, 2.05) is 24.3 Å². The van der Waals surface area contributed by atoms with Crippen LogP contribution in [-0.4, -0.2) is 48.6 Å². The summed E-state index contributed by atoms with van der Waals surface area (Å²) in [6.45, 7) is 5.08. The first-order valence-electron chi connectivity index (χ1n) is 7.90. The maximum Gasteiger partial charge on any atom is 0.267 e. The number of carbonyl (C=O) groups is 1. The number of fused-ring (bicyclic) bond motifs is 1. The van der Waals surface area contributed by atoms with E-state index in [1.165, 1.54) is 6.42 Å². The van der Waals surface area contributed by atoms with Crippen molar-refractivity contribution in [1.29, 1.82) is 0 Å². The fourth-order valence-corrected chi connectivity index (χ4v) is 3.20. The van der Waals surface area contributed by atoms with E-state index < -0.39 is 0 Å². The highest BCUT2D eigenvalue weighted by Crippen LogP contribution is 2.21. The maximum absolute atomic E-state index is 12.3. The van der Waals surface area contributed by atoms with Crippen LogP contribution in [0, 0.1) is 0 Å². The fourth-order valence-electron chi connectivity index (χ4n) is 3.20. The van der Waals surface area contributed by atoms with Crippen molar-refractivity contribution in [3.05, 3.63) is 30.0 Å². The molecule has 0 radical (unpaired) electrons. The molecule has 1 atom stereocenters. The van der Waals surface area contributed by atoms with Gasteiger partial charge in [-0.05, 0) is 44.1 Å². The van der Waals surface area contributed by atoms with E-state index in [9.17, 15) is 4.79 Å². The number of hydrogen-bond donors (Lipinski definition) is 2. The molecule has 1 fully saturated rings. The topological polar surface area (TPSA) is 57.4 Å². The molecule has 1 aromatic carbocycles. The van der Waals surface area contributed by atoms with Crippen molar-refractivity contribution in [3.8, 4) is 5.75 Å². The third-order valence-electron chi connectivity index (χ3n) is 4.48. The second-order valence-corrected chi connectivity index (χ2v) is 5.77. The van der Waals surface area contributed by atoms with Gasteiger partial charge in [-0.15, -0.1) is 0 Å². The maximum atomic E-state index is 12.3. The highest BCUT2D eigenvalue weighted by atomic mass is 16.5. The van der Waals surface area contributed by atoms with Crippen molar-refractivity contribution in [2.24, 2.45) is 0 Å². The number of nitrogens with one attached hydrogen (secondary N) is 2. The number of aromatic amines is 1. The third kappa shape index (κ3) is 2.95. The quantitative estimate of drug-likeness (QED) is 0.891. The monoisotopic (exact) mass is 301 g/mol. The highest BCUT2D eigenvalue weighted by molar-refractivity contribution is 5.98. The van der Waals surface area contributed by atoms with Gasteiger partial charge >= 0.3 is 0 Å². The Balaban J connectivity index is 1.67. The zero-order valence-corrected chi connectivity index (χ0v) is 13.2. The van der Waals surface area contributed by atoms with Crippen molar-refractivity contribution in [1.82, 2.24) is 15.2 Å². The number of amides is 1. The van der Waals surface area contributed by atoms with E-state index in [-0.39, 0.29) is 5.91 Å². The van der Waals surface area contributed by atoms with E-state index in [4.69, 9.17) is 4.74 Å². The van der Waals surface area contributed by atoms with Crippen LogP contribution >= 0.6 is 0 Å². The first-order chi connectivity index (χ1) is 10.7. The molecule has 22 heavy (non-hydrogen) atoms. The fraction of sp³-hybridized carbons (Fsp3) is 0.471. The van der Waals surface area contributed by atoms with Crippen LogP contribution in [0.3, 0.4) is 0 Å². The van der Waals surface area contributed by atoms with Gasteiger partial charge in [-0.25, -0.2) is 0 Å². The highest BCUT2D eigenvalue weighted by Gasteiger charge is 2.23. The predicted octanol–water partition coefficient (Wildman–Crippen LogP) is 2.39. The molecule has 2 aromatic rings. The lowest BCUT2D eigenvalue weighted by atomic mass is 10.2. The Morgan fingerprint density at radius 1 is 1.45 bits per heavy atom. The first kappa shape index (κ1) is 14.9. The number of aromatic nitrogens is 1. The summed E-state index contributed by atoms with van der Waals surface area (Å²) in [5.74, 6) is 0.740. The largest absolute Gasteiger partial charge is 0.497 e. The minimum absolute atomic E-state index is 0.0434. The van der Waals surface area contributed by atoms with Crippen LogP contribution in [0.2, 0.25) is 0 Å². The second kappa shape index (κ2) is 6.40. The van der Waals surface area contributed by atoms with Gasteiger partial charge in [0, 0.05) is 29.6 Å². The zero-order chi connectivity index (χ0) is 15.5. The molecule has 5 heteroatoms. The van der Waals surface area contributed by atoms with Crippen LogP contribution in [0.1, 0.15) is 30.3 Å². The Morgan fingerprint density at radius 3 is 3.09 bits per heavy atom. The smallest absolute Gasteiger partial charge is 0.267 e. The molecule has 0 spiro atoms. The van der Waals surface area contributed by atoms with Crippen molar-refractivity contribution >= 4 is 16.8 Å². The molecular weight excluding hydrogens is 278 g/mol. The number of carbonyl (C=O) groups excluding carboxylic acids is 1. The Morgan fingerprint density at radius 2 is 2.32 bits per heavy atom. The van der Waals surface area contributed by atoms with Crippen molar-refractivity contribution in [2.75, 3.05) is 26.7 Å². The molecule has 0 unspecified atom stereocenters. The van der Waals surface area contributed by atoms with Gasteiger partial charge in [0.1, 0.15) is 11.4 Å². The summed E-state index contributed by atoms with van der Waals surface area (Å²) in [4.78, 5) is 17.9. The Labute approximate surface area is 130 Å². The minimum Gasteiger partial charge on any atom is -0.497 e. The van der Waals surface area contributed by atoms with Crippen LogP contribution in [0.4, 0.5) is 0 Å². The van der Waals surface area contributed by atoms with Crippen molar-refractivity contribution < 1.29 is 9.53 Å². The van der Waals surface area contributed by atoms with E-state index in [0.29, 0.717) is 18.3 Å². The number of ether oxygens (including phenoxy) is 1. The molecule has 2 heterocycles. The van der Waals surface area contributed by atoms with Gasteiger partial charge in [-0.3, -0.25) is 9.69 Å². The number of benzene rings is 1. The Hall–Kier alpha value is -2.01. The van der Waals surface area contributed by atoms with E-state index in [2.05, 4.69) is 22.1 Å². The number of nitrogens with zero attached hydrogens (tertiary/aromatic N) is 1. The lowest BCUT2D eigenvalue weighted by Crippen LogP contribution is -2.40. The lowest BCUT2D eigenvalue weighted by molar-refractivity contribution is 0.0937. The molecule has 118 valence electrons. The summed E-state index contributed by atoms with van der Waals surface area (Å²) in [6.07, 6.45) is 2.39. The van der Waals surface area contributed by atoms with E-state index in [1.54, 1.807) is 7.11 Å². The summed E-state index contributed by atoms with van der Waals surface area (Å²) in [5, 5.41) is 4.07. The minimum atomic E-state index is -0.0434. The average Bonchev–Trinajstić information content (AvgIpc) is 3.17. The van der Waals surface area contributed by atoms with Gasteiger partial charge in [0.05, 0.1) is 7.11 Å². The van der Waals surface area contributed by atoms with Gasteiger partial charge in [-0.2, -0.15) is 0 Å². The van der Waals surface area contributed by atoms with Gasteiger partial charge < -0.3 is 15.0 Å². The molecule has 0 aliphatic carbocycles. The van der Waals surface area contributed by atoms with Crippen LogP contribution in [0.15, 0.2) is 24.3 Å². The van der Waals surface area contributed by atoms with Crippen LogP contribution in [0.25, 0.3) is 10.9 Å². The van der Waals surface area contributed by atoms with Gasteiger partial charge in [0.2, 0.25) is 0 Å². The van der Waals surface area contributed by atoms with Crippen LogP contribution in [-0.2, 0) is 0 Å². The van der Waals surface area contributed by atoms with Crippen molar-refractivity contribution in [2.45, 2.75) is 25.8 Å². The second-order valence-electron chi connectivity index (χ2n) is 5.77. The van der Waals surface area contributed by atoms with Gasteiger partial charge in [-0.1, -0.05) is 6.92 Å². The van der Waals surface area contributed by atoms with Gasteiger partial charge in [0.15, 0.2) is 0 Å². The van der Waals surface area contributed by atoms with Gasteiger partial charge in [0.25, 0.3) is 5.91 Å². The number of methoxy groups -OCH3 is 1. The Bertz CT molecular complexity index is 665. The molecule has 2 N–H and O–H groups in total. The number of likely N-dealkylation sites (tertiary alicyclic amines) is 1. The molecular formula is C17H23N3O2. The molecule has 1 aromatic heterocycles. The average molecular weight is 301 g/mol. The lowest BCUT2D eigenvalue weighted by Gasteiger charge is -2.22. The number of likely N-dealkylation sites (N-methyl/N-ethyl adjacent to an activating group) is 1. The molecule has 1 amide bonds. The molecule has 1 aliphatic heterocycles. The summed E-state index contributed by atoms with van der Waals surface area (Å²) in [5.41, 5.74) is 1.52. The molecule has 1 saturated heterocycles. The Kier molecular flexibility index (Phi) is 4.34. The van der Waals surface area contributed by atoms with Crippen LogP contribution < -0.4 is 10.1 Å². The SMILES string of the molecule is CCN1CCC[C@H]1CNC(=O)c1cc2ccc(OC)cc2[nH]1. The molecule has 5 nitrogen and oxygen atoms in total. The van der Waals surface area contributed by atoms with E-state index in [0.717, 1.165) is 36.2 Å². The molecule has 0 bridgehead atoms. The third-order valence-corrected chi connectivity index (χ3v) is 4.48. The normalized spacial score (nSPS) is 18.7. The number of rotatable bonds is 5. The molecule has 0 saturated carbocycles. The summed E-state index contributed by atoms with van der Waals surface area (Å²) >= 11 is 0. The van der Waals surface area contributed by atoms with Crippen molar-refractivity contribution in [3.63, 3.8) is 0 Å². The summed E-state index contributed by atoms with van der Waals surface area (Å²) in [7, 11) is 1.64. The first-order valence-corrected chi connectivity index (χ1v) is 7.90. The number of H-pyrrole nitrogens is 1. The standard InChI is InChI=1S/C17H23N3O2/c1-3-20-8-4-5-13(20)11-18-17(21)16-9-12-6-7-14(22-2)10-15(12)19-16/h6-7,9-10,13,19H,3-5,8,11H2,1-2H3,(H,18,21)/t13-/m0/s1. The van der Waals surface area contributed by atoms with E-state index >= 15 is 0 Å². The number of hydrogen-bond acceptors (Lipinski definition) is 3. The molecule has 3 rings (SSSR count). The zero-order valence-electron chi connectivity index (χ0n) is 13.2. The molecule has 1 aliphatic rings. The summed E-state index contributed by atoms with van der Waals surface area (Å²) in [6, 6.07) is 8.11.